The summed E-state index contributed by atoms with van der Waals surface area (Å²) in [6, 6.07) is 2.91. The number of aryl methyl sites for hydroxylation is 1. The summed E-state index contributed by atoms with van der Waals surface area (Å²) < 4.78 is 31.2. The molecule has 0 aliphatic carbocycles. The summed E-state index contributed by atoms with van der Waals surface area (Å²) in [5, 5.41) is 0. The predicted molar refractivity (Wildman–Crippen MR) is 80.7 cm³/mol. The van der Waals surface area contributed by atoms with Gasteiger partial charge in [-0.2, -0.15) is 4.31 Å². The van der Waals surface area contributed by atoms with Crippen molar-refractivity contribution in [3.63, 3.8) is 0 Å². The molecule has 0 saturated heterocycles. The van der Waals surface area contributed by atoms with E-state index in [0.29, 0.717) is 5.69 Å². The summed E-state index contributed by atoms with van der Waals surface area (Å²) in [5.41, 5.74) is 6.85. The average molecular weight is 315 g/mol. The molecule has 0 fully saturated rings. The van der Waals surface area contributed by atoms with Crippen molar-refractivity contribution in [3.8, 4) is 5.75 Å². The molecule has 0 heterocycles. The van der Waals surface area contributed by atoms with Gasteiger partial charge in [0.2, 0.25) is 15.9 Å². The SMILES string of the molecule is COc1cc(C)c(N)cc1S(=O)(=O)N(C)CC(=O)N(C)C. The van der Waals surface area contributed by atoms with Gasteiger partial charge in [0.15, 0.2) is 0 Å². The van der Waals surface area contributed by atoms with Gasteiger partial charge >= 0.3 is 0 Å². The van der Waals surface area contributed by atoms with E-state index in [0.717, 1.165) is 9.87 Å². The number of methoxy groups -OCH3 is 1. The van der Waals surface area contributed by atoms with Crippen LogP contribution in [0.2, 0.25) is 0 Å². The molecule has 0 radical (unpaired) electrons. The lowest BCUT2D eigenvalue weighted by atomic mass is 10.2. The van der Waals surface area contributed by atoms with Crippen molar-refractivity contribution < 1.29 is 17.9 Å². The molecule has 0 bridgehead atoms. The average Bonchev–Trinajstić information content (AvgIpc) is 2.40. The van der Waals surface area contributed by atoms with Crippen molar-refractivity contribution in [2.45, 2.75) is 11.8 Å². The van der Waals surface area contributed by atoms with Gasteiger partial charge in [-0.05, 0) is 24.6 Å². The van der Waals surface area contributed by atoms with Gasteiger partial charge in [0.1, 0.15) is 10.6 Å². The Morgan fingerprint density at radius 3 is 2.33 bits per heavy atom. The zero-order valence-electron chi connectivity index (χ0n) is 12.9. The number of nitrogens with zero attached hydrogens (tertiary/aromatic N) is 2. The number of rotatable bonds is 5. The van der Waals surface area contributed by atoms with Crippen molar-refractivity contribution >= 4 is 21.6 Å². The maximum absolute atomic E-state index is 12.6. The highest BCUT2D eigenvalue weighted by Gasteiger charge is 2.27. The molecule has 1 rings (SSSR count). The minimum absolute atomic E-state index is 0.0536. The normalized spacial score (nSPS) is 11.5. The van der Waals surface area contributed by atoms with Crippen LogP contribution in [0.3, 0.4) is 0 Å². The van der Waals surface area contributed by atoms with Crippen LogP contribution in [-0.2, 0) is 14.8 Å². The van der Waals surface area contributed by atoms with Crippen LogP contribution in [0.1, 0.15) is 5.56 Å². The maximum Gasteiger partial charge on any atom is 0.247 e. The third-order valence-electron chi connectivity index (χ3n) is 3.10. The predicted octanol–water partition coefficient (Wildman–Crippen LogP) is 0.295. The first-order valence-corrected chi connectivity index (χ1v) is 7.65. The molecule has 7 nitrogen and oxygen atoms in total. The first-order chi connectivity index (χ1) is 9.61. The Hall–Kier alpha value is -1.80. The number of amides is 1. The van der Waals surface area contributed by atoms with Crippen molar-refractivity contribution in [1.29, 1.82) is 0 Å². The number of nitrogen functional groups attached to an aromatic ring is 1. The molecule has 118 valence electrons. The number of hydrogen-bond acceptors (Lipinski definition) is 5. The third kappa shape index (κ3) is 3.64. The van der Waals surface area contributed by atoms with Crippen LogP contribution in [0.4, 0.5) is 5.69 Å². The number of likely N-dealkylation sites (N-methyl/N-ethyl adjacent to an activating group) is 2. The van der Waals surface area contributed by atoms with E-state index in [1.54, 1.807) is 27.1 Å². The Morgan fingerprint density at radius 2 is 1.86 bits per heavy atom. The number of ether oxygens (including phenoxy) is 1. The van der Waals surface area contributed by atoms with Crippen LogP contribution in [-0.4, -0.2) is 58.3 Å². The molecule has 1 aromatic carbocycles. The molecule has 1 aromatic rings. The van der Waals surface area contributed by atoms with E-state index in [-0.39, 0.29) is 23.1 Å². The number of carbonyl (C=O) groups is 1. The van der Waals surface area contributed by atoms with E-state index in [9.17, 15) is 13.2 Å². The van der Waals surface area contributed by atoms with Gasteiger partial charge in [-0.15, -0.1) is 0 Å². The van der Waals surface area contributed by atoms with Crippen LogP contribution in [0.15, 0.2) is 17.0 Å². The molecule has 8 heteroatoms. The minimum atomic E-state index is -3.87. The Bertz CT molecular complexity index is 641. The maximum atomic E-state index is 12.6. The molecule has 2 N–H and O–H groups in total. The standard InChI is InChI=1S/C13H21N3O4S/c1-9-6-11(20-5)12(7-10(9)14)21(18,19)16(4)8-13(17)15(2)3/h6-7H,8,14H2,1-5H3. The molecular formula is C13H21N3O4S. The fourth-order valence-electron chi connectivity index (χ4n) is 1.62. The second-order valence-electron chi connectivity index (χ2n) is 4.91. The lowest BCUT2D eigenvalue weighted by Crippen LogP contribution is -2.37. The molecule has 1 amide bonds. The van der Waals surface area contributed by atoms with E-state index in [4.69, 9.17) is 10.5 Å². The summed E-state index contributed by atoms with van der Waals surface area (Å²) in [7, 11) is 1.98. The quantitative estimate of drug-likeness (QED) is 0.789. The van der Waals surface area contributed by atoms with E-state index >= 15 is 0 Å². The van der Waals surface area contributed by atoms with Crippen LogP contribution in [0.5, 0.6) is 5.75 Å². The summed E-state index contributed by atoms with van der Waals surface area (Å²) in [5.74, 6) is -0.119. The molecule has 0 saturated carbocycles. The van der Waals surface area contributed by atoms with Crippen molar-refractivity contribution in [3.05, 3.63) is 17.7 Å². The van der Waals surface area contributed by atoms with Gasteiger partial charge in [0.25, 0.3) is 0 Å². The summed E-state index contributed by atoms with van der Waals surface area (Å²) in [6.45, 7) is 1.50. The number of nitrogens with two attached hydrogens (primary N) is 1. The molecule has 0 spiro atoms. The minimum Gasteiger partial charge on any atom is -0.495 e. The van der Waals surface area contributed by atoms with Crippen LogP contribution >= 0.6 is 0 Å². The van der Waals surface area contributed by atoms with Gasteiger partial charge in [0, 0.05) is 26.8 Å². The number of hydrogen-bond donors (Lipinski definition) is 1. The topological polar surface area (TPSA) is 92.9 Å². The van der Waals surface area contributed by atoms with Crippen molar-refractivity contribution in [2.24, 2.45) is 0 Å². The molecule has 0 unspecified atom stereocenters. The highest BCUT2D eigenvalue weighted by Crippen LogP contribution is 2.30. The summed E-state index contributed by atoms with van der Waals surface area (Å²) in [4.78, 5) is 12.9. The molecular weight excluding hydrogens is 294 g/mol. The van der Waals surface area contributed by atoms with Gasteiger partial charge in [0.05, 0.1) is 13.7 Å². The van der Waals surface area contributed by atoms with E-state index < -0.39 is 10.0 Å². The Balaban J connectivity index is 3.24. The Labute approximate surface area is 125 Å². The lowest BCUT2D eigenvalue weighted by molar-refractivity contribution is -0.128. The van der Waals surface area contributed by atoms with Crippen LogP contribution in [0, 0.1) is 6.92 Å². The largest absolute Gasteiger partial charge is 0.495 e. The lowest BCUT2D eigenvalue weighted by Gasteiger charge is -2.21. The molecule has 0 aliphatic rings. The first kappa shape index (κ1) is 17.3. The number of carbonyl (C=O) groups excluding carboxylic acids is 1. The number of sulfonamides is 1. The van der Waals surface area contributed by atoms with Crippen LogP contribution < -0.4 is 10.5 Å². The van der Waals surface area contributed by atoms with Gasteiger partial charge in [-0.3, -0.25) is 4.79 Å². The van der Waals surface area contributed by atoms with Crippen molar-refractivity contribution in [2.75, 3.05) is 40.5 Å². The molecule has 0 aromatic heterocycles. The van der Waals surface area contributed by atoms with Gasteiger partial charge in [-0.25, -0.2) is 8.42 Å². The third-order valence-corrected chi connectivity index (χ3v) is 4.92. The number of benzene rings is 1. The zero-order chi connectivity index (χ0) is 16.4. The van der Waals surface area contributed by atoms with E-state index in [1.165, 1.54) is 25.1 Å². The first-order valence-electron chi connectivity index (χ1n) is 6.21. The molecule has 21 heavy (non-hydrogen) atoms. The van der Waals surface area contributed by atoms with E-state index in [1.807, 2.05) is 0 Å². The van der Waals surface area contributed by atoms with E-state index in [2.05, 4.69) is 0 Å². The second kappa shape index (κ2) is 6.31. The Morgan fingerprint density at radius 1 is 1.29 bits per heavy atom. The smallest absolute Gasteiger partial charge is 0.247 e. The molecule has 0 aliphatic heterocycles. The monoisotopic (exact) mass is 315 g/mol. The van der Waals surface area contributed by atoms with Gasteiger partial charge in [-0.1, -0.05) is 0 Å². The number of anilines is 1. The second-order valence-corrected chi connectivity index (χ2v) is 6.92. The highest BCUT2D eigenvalue weighted by molar-refractivity contribution is 7.89. The Kier molecular flexibility index (Phi) is 5.19. The fraction of sp³-hybridized carbons (Fsp3) is 0.462. The fourth-order valence-corrected chi connectivity index (χ4v) is 2.91. The van der Waals surface area contributed by atoms with Crippen LogP contribution in [0.25, 0.3) is 0 Å². The summed E-state index contributed by atoms with van der Waals surface area (Å²) in [6.07, 6.45) is 0. The van der Waals surface area contributed by atoms with Gasteiger partial charge < -0.3 is 15.4 Å². The zero-order valence-corrected chi connectivity index (χ0v) is 13.7. The van der Waals surface area contributed by atoms with Crippen molar-refractivity contribution in [1.82, 2.24) is 9.21 Å². The molecule has 0 atom stereocenters. The summed E-state index contributed by atoms with van der Waals surface area (Å²) >= 11 is 0. The highest BCUT2D eigenvalue weighted by atomic mass is 32.2.